The van der Waals surface area contributed by atoms with Crippen molar-refractivity contribution in [1.82, 2.24) is 0 Å². The average molecular weight is 162 g/mol. The molecule has 1 aromatic carbocycles. The highest BCUT2D eigenvalue weighted by molar-refractivity contribution is 5.23. The second-order valence-corrected chi connectivity index (χ2v) is 2.85. The standard InChI is InChI=1S/C11H14O/c1-10-5-4-7-11(9-10)6-2-3-8-12/h2-5,7,9,12H,6,8H2,1H3/b3-2+. The summed E-state index contributed by atoms with van der Waals surface area (Å²) in [5, 5.41) is 8.51. The maximum atomic E-state index is 8.51. The first kappa shape index (κ1) is 9.01. The van der Waals surface area contributed by atoms with E-state index >= 15 is 0 Å². The molecule has 0 aliphatic rings. The minimum atomic E-state index is 0.131. The van der Waals surface area contributed by atoms with Gasteiger partial charge in [-0.2, -0.15) is 0 Å². The van der Waals surface area contributed by atoms with Crippen LogP contribution >= 0.6 is 0 Å². The Morgan fingerprint density at radius 1 is 1.33 bits per heavy atom. The molecule has 0 spiro atoms. The summed E-state index contributed by atoms with van der Waals surface area (Å²) in [6, 6.07) is 8.38. The predicted octanol–water partition coefficient (Wildman–Crippen LogP) is 2.09. The van der Waals surface area contributed by atoms with Crippen molar-refractivity contribution in [3.63, 3.8) is 0 Å². The molecule has 0 atom stereocenters. The lowest BCUT2D eigenvalue weighted by Crippen LogP contribution is -1.82. The second kappa shape index (κ2) is 4.73. The highest BCUT2D eigenvalue weighted by Gasteiger charge is 1.88. The van der Waals surface area contributed by atoms with E-state index in [1.54, 1.807) is 6.08 Å². The van der Waals surface area contributed by atoms with Gasteiger partial charge in [-0.15, -0.1) is 0 Å². The van der Waals surface area contributed by atoms with Gasteiger partial charge in [-0.1, -0.05) is 42.0 Å². The molecule has 0 radical (unpaired) electrons. The summed E-state index contributed by atoms with van der Waals surface area (Å²) in [7, 11) is 0. The van der Waals surface area contributed by atoms with Crippen molar-refractivity contribution in [3.05, 3.63) is 47.5 Å². The van der Waals surface area contributed by atoms with Gasteiger partial charge in [0.05, 0.1) is 6.61 Å². The molecule has 0 aliphatic heterocycles. The van der Waals surface area contributed by atoms with E-state index in [1.807, 2.05) is 6.08 Å². The fourth-order valence-corrected chi connectivity index (χ4v) is 1.13. The van der Waals surface area contributed by atoms with E-state index in [4.69, 9.17) is 5.11 Å². The molecule has 0 saturated carbocycles. The molecule has 0 fully saturated rings. The zero-order chi connectivity index (χ0) is 8.81. The zero-order valence-corrected chi connectivity index (χ0v) is 7.33. The van der Waals surface area contributed by atoms with Crippen molar-refractivity contribution in [2.45, 2.75) is 13.3 Å². The SMILES string of the molecule is Cc1cccc(C/C=C/CO)c1. The zero-order valence-electron chi connectivity index (χ0n) is 7.33. The van der Waals surface area contributed by atoms with Gasteiger partial charge in [-0.25, -0.2) is 0 Å². The lowest BCUT2D eigenvalue weighted by atomic mass is 10.1. The first-order chi connectivity index (χ1) is 5.83. The fraction of sp³-hybridized carbons (Fsp3) is 0.273. The van der Waals surface area contributed by atoms with Crippen LogP contribution in [0.4, 0.5) is 0 Å². The molecule has 0 heterocycles. The first-order valence-corrected chi connectivity index (χ1v) is 4.14. The minimum Gasteiger partial charge on any atom is -0.392 e. The smallest absolute Gasteiger partial charge is 0.0612 e. The molecule has 0 unspecified atom stereocenters. The van der Waals surface area contributed by atoms with Gasteiger partial charge < -0.3 is 5.11 Å². The Morgan fingerprint density at radius 2 is 2.17 bits per heavy atom. The molecule has 0 amide bonds. The molecular formula is C11H14O. The molecular weight excluding hydrogens is 148 g/mol. The quantitative estimate of drug-likeness (QED) is 0.675. The molecule has 1 aromatic rings. The van der Waals surface area contributed by atoms with Gasteiger partial charge in [0.1, 0.15) is 0 Å². The van der Waals surface area contributed by atoms with Gasteiger partial charge in [-0.05, 0) is 18.9 Å². The van der Waals surface area contributed by atoms with Crippen molar-refractivity contribution < 1.29 is 5.11 Å². The van der Waals surface area contributed by atoms with Gasteiger partial charge in [0.25, 0.3) is 0 Å². The molecule has 1 rings (SSSR count). The van der Waals surface area contributed by atoms with E-state index < -0.39 is 0 Å². The van der Waals surface area contributed by atoms with Crippen LogP contribution in [0.25, 0.3) is 0 Å². The Labute approximate surface area is 73.4 Å². The molecule has 1 nitrogen and oxygen atoms in total. The Balaban J connectivity index is 2.57. The molecule has 0 bridgehead atoms. The third-order valence-corrected chi connectivity index (χ3v) is 1.71. The van der Waals surface area contributed by atoms with Crippen molar-refractivity contribution in [2.75, 3.05) is 6.61 Å². The fourth-order valence-electron chi connectivity index (χ4n) is 1.13. The van der Waals surface area contributed by atoms with Crippen LogP contribution in [0.2, 0.25) is 0 Å². The highest BCUT2D eigenvalue weighted by Crippen LogP contribution is 2.04. The monoisotopic (exact) mass is 162 g/mol. The Morgan fingerprint density at radius 3 is 2.83 bits per heavy atom. The lowest BCUT2D eigenvalue weighted by molar-refractivity contribution is 0.342. The van der Waals surface area contributed by atoms with Crippen LogP contribution in [0.1, 0.15) is 11.1 Å². The number of allylic oxidation sites excluding steroid dienone is 1. The van der Waals surface area contributed by atoms with Crippen molar-refractivity contribution in [2.24, 2.45) is 0 Å². The summed E-state index contributed by atoms with van der Waals surface area (Å²) < 4.78 is 0. The van der Waals surface area contributed by atoms with E-state index in [9.17, 15) is 0 Å². The summed E-state index contributed by atoms with van der Waals surface area (Å²) >= 11 is 0. The topological polar surface area (TPSA) is 20.2 Å². The van der Waals surface area contributed by atoms with Crippen LogP contribution in [0.5, 0.6) is 0 Å². The van der Waals surface area contributed by atoms with E-state index in [0.717, 1.165) is 6.42 Å². The predicted molar refractivity (Wildman–Crippen MR) is 51.1 cm³/mol. The average Bonchev–Trinajstić information content (AvgIpc) is 2.05. The molecule has 0 aliphatic carbocycles. The molecule has 0 saturated heterocycles. The Hall–Kier alpha value is -1.08. The van der Waals surface area contributed by atoms with Crippen LogP contribution in [0, 0.1) is 6.92 Å². The summed E-state index contributed by atoms with van der Waals surface area (Å²) in [5.74, 6) is 0. The van der Waals surface area contributed by atoms with Gasteiger partial charge in [0.15, 0.2) is 0 Å². The van der Waals surface area contributed by atoms with Crippen molar-refractivity contribution in [1.29, 1.82) is 0 Å². The van der Waals surface area contributed by atoms with E-state index in [-0.39, 0.29) is 6.61 Å². The number of rotatable bonds is 3. The van der Waals surface area contributed by atoms with Gasteiger partial charge in [0, 0.05) is 0 Å². The van der Waals surface area contributed by atoms with Gasteiger partial charge >= 0.3 is 0 Å². The molecule has 0 aromatic heterocycles. The number of aryl methyl sites for hydroxylation is 1. The van der Waals surface area contributed by atoms with Crippen LogP contribution in [-0.4, -0.2) is 11.7 Å². The number of aliphatic hydroxyl groups excluding tert-OH is 1. The number of hydrogen-bond donors (Lipinski definition) is 1. The normalized spacial score (nSPS) is 10.8. The first-order valence-electron chi connectivity index (χ1n) is 4.14. The summed E-state index contributed by atoms with van der Waals surface area (Å²) in [5.41, 5.74) is 2.57. The van der Waals surface area contributed by atoms with Crippen LogP contribution < -0.4 is 0 Å². The van der Waals surface area contributed by atoms with Crippen molar-refractivity contribution in [3.8, 4) is 0 Å². The Bertz CT molecular complexity index is 263. The lowest BCUT2D eigenvalue weighted by Gasteiger charge is -1.97. The van der Waals surface area contributed by atoms with Crippen LogP contribution in [0.3, 0.4) is 0 Å². The third-order valence-electron chi connectivity index (χ3n) is 1.71. The summed E-state index contributed by atoms with van der Waals surface area (Å²) in [6.07, 6.45) is 4.65. The summed E-state index contributed by atoms with van der Waals surface area (Å²) in [6.45, 7) is 2.21. The second-order valence-electron chi connectivity index (χ2n) is 2.85. The molecule has 12 heavy (non-hydrogen) atoms. The molecule has 64 valence electrons. The number of aliphatic hydroxyl groups is 1. The van der Waals surface area contributed by atoms with Crippen molar-refractivity contribution >= 4 is 0 Å². The van der Waals surface area contributed by atoms with Crippen LogP contribution in [-0.2, 0) is 6.42 Å². The third kappa shape index (κ3) is 2.89. The maximum Gasteiger partial charge on any atom is 0.0612 e. The minimum absolute atomic E-state index is 0.131. The Kier molecular flexibility index (Phi) is 3.55. The van der Waals surface area contributed by atoms with Crippen LogP contribution in [0.15, 0.2) is 36.4 Å². The molecule has 1 N–H and O–H groups in total. The van der Waals surface area contributed by atoms with E-state index in [1.165, 1.54) is 11.1 Å². The van der Waals surface area contributed by atoms with E-state index in [2.05, 4.69) is 31.2 Å². The summed E-state index contributed by atoms with van der Waals surface area (Å²) in [4.78, 5) is 0. The maximum absolute atomic E-state index is 8.51. The molecule has 1 heteroatoms. The van der Waals surface area contributed by atoms with E-state index in [0.29, 0.717) is 0 Å². The highest BCUT2D eigenvalue weighted by atomic mass is 16.2. The number of benzene rings is 1. The van der Waals surface area contributed by atoms with Gasteiger partial charge in [-0.3, -0.25) is 0 Å². The number of hydrogen-bond acceptors (Lipinski definition) is 1. The largest absolute Gasteiger partial charge is 0.392 e. The van der Waals surface area contributed by atoms with Gasteiger partial charge in [0.2, 0.25) is 0 Å².